The predicted octanol–water partition coefficient (Wildman–Crippen LogP) is 1.90. The van der Waals surface area contributed by atoms with E-state index in [0.717, 1.165) is 38.5 Å². The van der Waals surface area contributed by atoms with Crippen molar-refractivity contribution >= 4 is 0 Å². The van der Waals surface area contributed by atoms with Crippen molar-refractivity contribution in [2.24, 2.45) is 11.3 Å². The average Bonchev–Trinajstić information content (AvgIpc) is 2.56. The van der Waals surface area contributed by atoms with Crippen molar-refractivity contribution < 1.29 is 9.84 Å². The number of hydrogen-bond acceptors (Lipinski definition) is 3. The van der Waals surface area contributed by atoms with Crippen LogP contribution in [0.4, 0.5) is 0 Å². The minimum atomic E-state index is 0.117. The third-order valence-corrected chi connectivity index (χ3v) is 4.56. The second kappa shape index (κ2) is 6.17. The van der Waals surface area contributed by atoms with Gasteiger partial charge in [0.1, 0.15) is 0 Å². The Morgan fingerprint density at radius 3 is 2.71 bits per heavy atom. The molecule has 2 heterocycles. The van der Waals surface area contributed by atoms with Crippen molar-refractivity contribution in [3.63, 3.8) is 0 Å². The highest BCUT2D eigenvalue weighted by Crippen LogP contribution is 2.32. The maximum absolute atomic E-state index is 9.71. The van der Waals surface area contributed by atoms with Gasteiger partial charge in [-0.05, 0) is 51.1 Å². The summed E-state index contributed by atoms with van der Waals surface area (Å²) in [4.78, 5) is 2.57. The fourth-order valence-electron chi connectivity index (χ4n) is 3.13. The molecule has 2 aliphatic heterocycles. The third-order valence-electron chi connectivity index (χ3n) is 4.56. The molecule has 17 heavy (non-hydrogen) atoms. The molecule has 0 aromatic carbocycles. The molecule has 2 fully saturated rings. The highest BCUT2D eigenvalue weighted by Gasteiger charge is 2.34. The Balaban J connectivity index is 1.88. The van der Waals surface area contributed by atoms with E-state index in [1.807, 2.05) is 0 Å². The third kappa shape index (κ3) is 3.67. The zero-order chi connectivity index (χ0) is 12.1. The lowest BCUT2D eigenvalue weighted by Gasteiger charge is -2.39. The summed E-state index contributed by atoms with van der Waals surface area (Å²) in [6, 6.07) is 0. The van der Waals surface area contributed by atoms with Crippen LogP contribution in [0.2, 0.25) is 0 Å². The van der Waals surface area contributed by atoms with Crippen molar-refractivity contribution in [1.29, 1.82) is 0 Å². The number of aliphatic hydroxyl groups excluding tert-OH is 1. The molecule has 2 aliphatic rings. The van der Waals surface area contributed by atoms with Crippen molar-refractivity contribution in [3.8, 4) is 0 Å². The van der Waals surface area contributed by atoms with Gasteiger partial charge in [0, 0.05) is 25.2 Å². The van der Waals surface area contributed by atoms with E-state index >= 15 is 0 Å². The first kappa shape index (κ1) is 13.3. The number of nitrogens with zero attached hydrogens (tertiary/aromatic N) is 1. The summed E-state index contributed by atoms with van der Waals surface area (Å²) in [5, 5.41) is 9.71. The standard InChI is InChI=1S/C14H27NO2/c1-13-3-2-7-15(8-4-13)11-14(12-16)5-9-17-10-6-14/h13,16H,2-12H2,1H3. The molecule has 1 unspecified atom stereocenters. The van der Waals surface area contributed by atoms with Crippen LogP contribution in [-0.4, -0.2) is 49.5 Å². The lowest BCUT2D eigenvalue weighted by atomic mass is 9.80. The molecule has 0 saturated carbocycles. The second-order valence-corrected chi connectivity index (χ2v) is 6.08. The van der Waals surface area contributed by atoms with Gasteiger partial charge >= 0.3 is 0 Å². The minimum Gasteiger partial charge on any atom is -0.396 e. The number of likely N-dealkylation sites (tertiary alicyclic amines) is 1. The Labute approximate surface area is 105 Å². The number of aliphatic hydroxyl groups is 1. The van der Waals surface area contributed by atoms with Crippen molar-refractivity contribution in [2.45, 2.75) is 39.0 Å². The van der Waals surface area contributed by atoms with Crippen molar-refractivity contribution in [3.05, 3.63) is 0 Å². The smallest absolute Gasteiger partial charge is 0.0501 e. The lowest BCUT2D eigenvalue weighted by Crippen LogP contribution is -2.44. The van der Waals surface area contributed by atoms with Crippen LogP contribution in [0.1, 0.15) is 39.0 Å². The topological polar surface area (TPSA) is 32.7 Å². The normalized spacial score (nSPS) is 31.1. The molecule has 1 N–H and O–H groups in total. The molecule has 0 aliphatic carbocycles. The fraction of sp³-hybridized carbons (Fsp3) is 1.00. The van der Waals surface area contributed by atoms with Crippen LogP contribution in [0.3, 0.4) is 0 Å². The maximum atomic E-state index is 9.71. The summed E-state index contributed by atoms with van der Waals surface area (Å²) in [5.74, 6) is 0.875. The van der Waals surface area contributed by atoms with E-state index in [2.05, 4.69) is 11.8 Å². The van der Waals surface area contributed by atoms with Crippen LogP contribution >= 0.6 is 0 Å². The van der Waals surface area contributed by atoms with Gasteiger partial charge in [-0.1, -0.05) is 6.92 Å². The molecule has 0 aromatic rings. The molecule has 0 amide bonds. The van der Waals surface area contributed by atoms with E-state index in [9.17, 15) is 5.11 Å². The SMILES string of the molecule is CC1CCCN(CC2(CO)CCOCC2)CC1. The van der Waals surface area contributed by atoms with E-state index < -0.39 is 0 Å². The molecule has 100 valence electrons. The van der Waals surface area contributed by atoms with E-state index in [1.54, 1.807) is 0 Å². The van der Waals surface area contributed by atoms with Gasteiger partial charge < -0.3 is 14.7 Å². The number of rotatable bonds is 3. The molecule has 3 nitrogen and oxygen atoms in total. The van der Waals surface area contributed by atoms with Gasteiger partial charge in [0.05, 0.1) is 6.61 Å². The van der Waals surface area contributed by atoms with Gasteiger partial charge in [0.25, 0.3) is 0 Å². The second-order valence-electron chi connectivity index (χ2n) is 6.08. The molecule has 3 heteroatoms. The molecule has 0 radical (unpaired) electrons. The highest BCUT2D eigenvalue weighted by molar-refractivity contribution is 4.85. The molecular weight excluding hydrogens is 214 g/mol. The lowest BCUT2D eigenvalue weighted by molar-refractivity contribution is -0.0339. The molecule has 0 bridgehead atoms. The van der Waals surface area contributed by atoms with Crippen LogP contribution in [0.25, 0.3) is 0 Å². The summed E-state index contributed by atoms with van der Waals surface area (Å²) in [7, 11) is 0. The van der Waals surface area contributed by atoms with Crippen LogP contribution in [-0.2, 0) is 4.74 Å². The largest absolute Gasteiger partial charge is 0.396 e. The molecule has 2 rings (SSSR count). The predicted molar refractivity (Wildman–Crippen MR) is 69.0 cm³/mol. The molecule has 1 atom stereocenters. The number of ether oxygens (including phenoxy) is 1. The summed E-state index contributed by atoms with van der Waals surface area (Å²) >= 11 is 0. The van der Waals surface area contributed by atoms with Gasteiger partial charge in [-0.25, -0.2) is 0 Å². The fourth-order valence-corrected chi connectivity index (χ4v) is 3.13. The first-order valence-electron chi connectivity index (χ1n) is 7.15. The van der Waals surface area contributed by atoms with E-state index in [-0.39, 0.29) is 5.41 Å². The Hall–Kier alpha value is -0.120. The summed E-state index contributed by atoms with van der Waals surface area (Å²) < 4.78 is 5.43. The van der Waals surface area contributed by atoms with Crippen molar-refractivity contribution in [1.82, 2.24) is 4.90 Å². The molecule has 0 spiro atoms. The van der Waals surface area contributed by atoms with Crippen LogP contribution < -0.4 is 0 Å². The van der Waals surface area contributed by atoms with Crippen molar-refractivity contribution in [2.75, 3.05) is 39.5 Å². The zero-order valence-electron chi connectivity index (χ0n) is 11.2. The molecular formula is C14H27NO2. The first-order chi connectivity index (χ1) is 8.24. The Morgan fingerprint density at radius 2 is 2.00 bits per heavy atom. The van der Waals surface area contributed by atoms with Gasteiger partial charge in [-0.3, -0.25) is 0 Å². The van der Waals surface area contributed by atoms with E-state index in [4.69, 9.17) is 4.74 Å². The minimum absolute atomic E-state index is 0.117. The Morgan fingerprint density at radius 1 is 1.24 bits per heavy atom. The van der Waals surface area contributed by atoms with E-state index in [0.29, 0.717) is 6.61 Å². The number of hydrogen-bond donors (Lipinski definition) is 1. The maximum Gasteiger partial charge on any atom is 0.0501 e. The summed E-state index contributed by atoms with van der Waals surface area (Å²) in [6.07, 6.45) is 6.05. The van der Waals surface area contributed by atoms with Crippen LogP contribution in [0.5, 0.6) is 0 Å². The van der Waals surface area contributed by atoms with Crippen LogP contribution in [0, 0.1) is 11.3 Å². The quantitative estimate of drug-likeness (QED) is 0.819. The van der Waals surface area contributed by atoms with Gasteiger partial charge in [-0.2, -0.15) is 0 Å². The average molecular weight is 241 g/mol. The summed E-state index contributed by atoms with van der Waals surface area (Å²) in [5.41, 5.74) is 0.117. The monoisotopic (exact) mass is 241 g/mol. The Kier molecular flexibility index (Phi) is 4.83. The van der Waals surface area contributed by atoms with Gasteiger partial charge in [0.2, 0.25) is 0 Å². The first-order valence-corrected chi connectivity index (χ1v) is 7.15. The zero-order valence-corrected chi connectivity index (χ0v) is 11.2. The van der Waals surface area contributed by atoms with Crippen LogP contribution in [0.15, 0.2) is 0 Å². The molecule has 2 saturated heterocycles. The summed E-state index contributed by atoms with van der Waals surface area (Å²) in [6.45, 7) is 7.83. The Bertz CT molecular complexity index is 226. The van der Waals surface area contributed by atoms with Gasteiger partial charge in [-0.15, -0.1) is 0 Å². The molecule has 0 aromatic heterocycles. The highest BCUT2D eigenvalue weighted by atomic mass is 16.5. The van der Waals surface area contributed by atoms with E-state index in [1.165, 1.54) is 32.4 Å². The van der Waals surface area contributed by atoms with Gasteiger partial charge in [0.15, 0.2) is 0 Å².